The highest BCUT2D eigenvalue weighted by molar-refractivity contribution is 5.67. The zero-order valence-electron chi connectivity index (χ0n) is 14.2. The Bertz CT molecular complexity index is 486. The van der Waals surface area contributed by atoms with E-state index < -0.39 is 5.60 Å². The Balaban J connectivity index is 2.30. The smallest absolute Gasteiger partial charge is 0.410 e. The van der Waals surface area contributed by atoms with E-state index in [9.17, 15) is 9.18 Å². The second-order valence-corrected chi connectivity index (χ2v) is 6.59. The van der Waals surface area contributed by atoms with E-state index in [0.29, 0.717) is 6.54 Å². The highest BCUT2D eigenvalue weighted by atomic mass is 19.1. The third-order valence-electron chi connectivity index (χ3n) is 3.19. The maximum atomic E-state index is 13.1. The van der Waals surface area contributed by atoms with Gasteiger partial charge in [0.05, 0.1) is 0 Å². The third-order valence-corrected chi connectivity index (χ3v) is 3.19. The van der Waals surface area contributed by atoms with E-state index in [1.54, 1.807) is 24.1 Å². The number of likely N-dealkylation sites (N-methyl/N-ethyl adjacent to an activating group) is 2. The van der Waals surface area contributed by atoms with Crippen molar-refractivity contribution < 1.29 is 13.9 Å². The van der Waals surface area contributed by atoms with Crippen molar-refractivity contribution in [2.24, 2.45) is 0 Å². The Kier molecular flexibility index (Phi) is 6.81. The third kappa shape index (κ3) is 7.41. The lowest BCUT2D eigenvalue weighted by Gasteiger charge is -2.26. The van der Waals surface area contributed by atoms with Crippen molar-refractivity contribution in [1.82, 2.24) is 9.80 Å². The summed E-state index contributed by atoms with van der Waals surface area (Å²) in [5, 5.41) is 0. The van der Waals surface area contributed by atoms with Crippen molar-refractivity contribution in [2.45, 2.75) is 32.8 Å². The van der Waals surface area contributed by atoms with E-state index >= 15 is 0 Å². The van der Waals surface area contributed by atoms with Gasteiger partial charge in [-0.05, 0) is 51.9 Å². The monoisotopic (exact) mass is 310 g/mol. The molecule has 0 aliphatic rings. The van der Waals surface area contributed by atoms with Crippen LogP contribution in [0, 0.1) is 5.82 Å². The van der Waals surface area contributed by atoms with E-state index in [-0.39, 0.29) is 11.9 Å². The zero-order valence-corrected chi connectivity index (χ0v) is 14.2. The summed E-state index contributed by atoms with van der Waals surface area (Å²) in [4.78, 5) is 15.5. The number of amides is 1. The van der Waals surface area contributed by atoms with E-state index in [4.69, 9.17) is 4.74 Å². The molecule has 5 heteroatoms. The van der Waals surface area contributed by atoms with Crippen molar-refractivity contribution in [3.63, 3.8) is 0 Å². The first-order valence-electron chi connectivity index (χ1n) is 7.54. The Labute approximate surface area is 132 Å². The molecule has 0 fully saturated rings. The molecule has 0 aromatic heterocycles. The molecule has 0 aliphatic carbocycles. The molecule has 0 N–H and O–H groups in total. The zero-order chi connectivity index (χ0) is 16.8. The number of hydrogen-bond donors (Lipinski definition) is 0. The van der Waals surface area contributed by atoms with Crippen LogP contribution in [0.1, 0.15) is 26.3 Å². The maximum Gasteiger partial charge on any atom is 0.410 e. The first-order chi connectivity index (χ1) is 10.2. The maximum absolute atomic E-state index is 13.1. The van der Waals surface area contributed by atoms with Crippen LogP contribution in [-0.2, 0) is 11.2 Å². The Hall–Kier alpha value is -1.62. The van der Waals surface area contributed by atoms with Gasteiger partial charge in [-0.1, -0.05) is 12.1 Å². The van der Waals surface area contributed by atoms with Crippen molar-refractivity contribution in [1.29, 1.82) is 0 Å². The molecule has 1 aromatic rings. The van der Waals surface area contributed by atoms with E-state index in [1.165, 1.54) is 6.07 Å². The van der Waals surface area contributed by atoms with Gasteiger partial charge in [0.2, 0.25) is 0 Å². The van der Waals surface area contributed by atoms with Crippen LogP contribution in [0.4, 0.5) is 9.18 Å². The largest absolute Gasteiger partial charge is 0.444 e. The van der Waals surface area contributed by atoms with Gasteiger partial charge in [0.25, 0.3) is 0 Å². The predicted octanol–water partition coefficient (Wildman–Crippen LogP) is 3.17. The second-order valence-electron chi connectivity index (χ2n) is 6.59. The number of nitrogens with zero attached hydrogens (tertiary/aromatic N) is 2. The lowest BCUT2D eigenvalue weighted by atomic mass is 10.1. The number of halogens is 1. The molecule has 1 amide bonds. The lowest BCUT2D eigenvalue weighted by Crippen LogP contribution is -2.38. The van der Waals surface area contributed by atoms with Crippen LogP contribution < -0.4 is 0 Å². The summed E-state index contributed by atoms with van der Waals surface area (Å²) in [5.74, 6) is -0.204. The molecule has 1 rings (SSSR count). The molecule has 22 heavy (non-hydrogen) atoms. The molecule has 0 atom stereocenters. The van der Waals surface area contributed by atoms with Gasteiger partial charge in [-0.25, -0.2) is 9.18 Å². The molecule has 0 spiro atoms. The summed E-state index contributed by atoms with van der Waals surface area (Å²) in [6.45, 7) is 7.70. The van der Waals surface area contributed by atoms with Gasteiger partial charge in [-0.3, -0.25) is 0 Å². The SMILES string of the molecule is CN(CCc1cccc(F)c1)CCN(C)C(=O)OC(C)(C)C. The van der Waals surface area contributed by atoms with Crippen LogP contribution in [0.25, 0.3) is 0 Å². The highest BCUT2D eigenvalue weighted by Crippen LogP contribution is 2.09. The Morgan fingerprint density at radius 2 is 1.86 bits per heavy atom. The molecule has 0 bridgehead atoms. The molecule has 0 unspecified atom stereocenters. The topological polar surface area (TPSA) is 32.8 Å². The van der Waals surface area contributed by atoms with Gasteiger partial charge in [-0.2, -0.15) is 0 Å². The molecule has 4 nitrogen and oxygen atoms in total. The standard InChI is InChI=1S/C17H27FN2O2/c1-17(2,3)22-16(21)20(5)12-11-19(4)10-9-14-7-6-8-15(18)13-14/h6-8,13H,9-12H2,1-5H3. The highest BCUT2D eigenvalue weighted by Gasteiger charge is 2.19. The summed E-state index contributed by atoms with van der Waals surface area (Å²) < 4.78 is 18.4. The number of benzene rings is 1. The van der Waals surface area contributed by atoms with Gasteiger partial charge >= 0.3 is 6.09 Å². The minimum Gasteiger partial charge on any atom is -0.444 e. The van der Waals surface area contributed by atoms with Crippen molar-refractivity contribution >= 4 is 6.09 Å². The molecule has 0 aliphatic heterocycles. The molecule has 0 saturated heterocycles. The van der Waals surface area contributed by atoms with E-state index in [2.05, 4.69) is 4.90 Å². The average molecular weight is 310 g/mol. The van der Waals surface area contributed by atoms with Gasteiger partial charge in [-0.15, -0.1) is 0 Å². The molecule has 1 aromatic carbocycles. The number of carbonyl (C=O) groups excluding carboxylic acids is 1. The predicted molar refractivity (Wildman–Crippen MR) is 86.5 cm³/mol. The second kappa shape index (κ2) is 8.13. The molecular weight excluding hydrogens is 283 g/mol. The van der Waals surface area contributed by atoms with Gasteiger partial charge in [0.15, 0.2) is 0 Å². The molecular formula is C17H27FN2O2. The number of ether oxygens (including phenoxy) is 1. The van der Waals surface area contributed by atoms with Crippen LogP contribution in [0.3, 0.4) is 0 Å². The van der Waals surface area contributed by atoms with Gasteiger partial charge in [0.1, 0.15) is 11.4 Å². The van der Waals surface area contributed by atoms with Crippen LogP contribution in [0.15, 0.2) is 24.3 Å². The number of rotatable bonds is 6. The van der Waals surface area contributed by atoms with Crippen LogP contribution in [0.5, 0.6) is 0 Å². The quantitative estimate of drug-likeness (QED) is 0.809. The van der Waals surface area contributed by atoms with Crippen LogP contribution in [-0.4, -0.2) is 55.2 Å². The van der Waals surface area contributed by atoms with E-state index in [1.807, 2.05) is 33.9 Å². The van der Waals surface area contributed by atoms with Gasteiger partial charge < -0.3 is 14.5 Å². The van der Waals surface area contributed by atoms with Crippen LogP contribution in [0.2, 0.25) is 0 Å². The van der Waals surface area contributed by atoms with Crippen molar-refractivity contribution in [3.8, 4) is 0 Å². The molecule has 0 saturated carbocycles. The normalized spacial score (nSPS) is 11.6. The van der Waals surface area contributed by atoms with Gasteiger partial charge in [0, 0.05) is 26.7 Å². The summed E-state index contributed by atoms with van der Waals surface area (Å²) in [6.07, 6.45) is 0.468. The summed E-state index contributed by atoms with van der Waals surface area (Å²) >= 11 is 0. The van der Waals surface area contributed by atoms with Crippen LogP contribution >= 0.6 is 0 Å². The molecule has 0 heterocycles. The lowest BCUT2D eigenvalue weighted by molar-refractivity contribution is 0.0287. The minimum atomic E-state index is -0.478. The van der Waals surface area contributed by atoms with Crippen molar-refractivity contribution in [2.75, 3.05) is 33.7 Å². The molecule has 0 radical (unpaired) electrons. The number of hydrogen-bond acceptors (Lipinski definition) is 3. The Morgan fingerprint density at radius 3 is 2.45 bits per heavy atom. The first-order valence-corrected chi connectivity index (χ1v) is 7.54. The van der Waals surface area contributed by atoms with E-state index in [0.717, 1.165) is 25.1 Å². The molecule has 124 valence electrons. The summed E-state index contributed by atoms with van der Waals surface area (Å²) in [7, 11) is 3.72. The summed E-state index contributed by atoms with van der Waals surface area (Å²) in [6, 6.07) is 6.65. The fraction of sp³-hybridized carbons (Fsp3) is 0.588. The first kappa shape index (κ1) is 18.4. The fourth-order valence-electron chi connectivity index (χ4n) is 1.88. The Morgan fingerprint density at radius 1 is 1.18 bits per heavy atom. The minimum absolute atomic E-state index is 0.204. The fourth-order valence-corrected chi connectivity index (χ4v) is 1.88. The number of carbonyl (C=O) groups is 1. The van der Waals surface area contributed by atoms with Crippen molar-refractivity contribution in [3.05, 3.63) is 35.6 Å². The summed E-state index contributed by atoms with van der Waals surface area (Å²) in [5.41, 5.74) is 0.501. The average Bonchev–Trinajstić information content (AvgIpc) is 2.40.